The van der Waals surface area contributed by atoms with E-state index in [-0.39, 0.29) is 0 Å². The number of para-hydroxylation sites is 1. The molecule has 6 heteroatoms. The van der Waals surface area contributed by atoms with Crippen molar-refractivity contribution in [3.8, 4) is 0 Å². The van der Waals surface area contributed by atoms with Crippen molar-refractivity contribution < 1.29 is 8.54 Å². The summed E-state index contributed by atoms with van der Waals surface area (Å²) in [6.07, 6.45) is 3.89. The number of hydrogen-bond donors (Lipinski definition) is 0. The van der Waals surface area contributed by atoms with E-state index in [9.17, 15) is 0 Å². The smallest absolute Gasteiger partial charge is 0.344 e. The van der Waals surface area contributed by atoms with Gasteiger partial charge in [0, 0.05) is 23.5 Å². The Bertz CT molecular complexity index is 1790. The number of allylic oxidation sites excluding steroid dienone is 2. The van der Waals surface area contributed by atoms with Crippen molar-refractivity contribution in [1.82, 2.24) is 4.67 Å². The summed E-state index contributed by atoms with van der Waals surface area (Å²) in [6, 6.07) is 25.4. The van der Waals surface area contributed by atoms with Gasteiger partial charge in [0.05, 0.1) is 11.9 Å². The van der Waals surface area contributed by atoms with E-state index in [0.717, 1.165) is 19.1 Å². The second kappa shape index (κ2) is 13.0. The van der Waals surface area contributed by atoms with Crippen molar-refractivity contribution in [3.05, 3.63) is 105 Å². The number of nitrogens with zero attached hydrogens (tertiary/aromatic N) is 3. The van der Waals surface area contributed by atoms with Gasteiger partial charge in [-0.3, -0.25) is 0 Å². The maximum Gasteiger partial charge on any atom is 0.353 e. The lowest BCUT2D eigenvalue weighted by atomic mass is 9.91. The Kier molecular flexibility index (Phi) is 9.25. The standard InChI is InChI=1S/C43H61N3OPSi/c1-28(2)38-18-15-19-39(29(3)4)42(38)46-41-35-20-21-36(26-35)43(41)48(44(30(5)6)22-23-45(48)31(7)8)47-49(46,37-16-13-12-14-17-37)27-40-33(10)24-32(9)25-34(40)11/h12-19,24-25,28-31,35-36H,20-23,26-27H2,1-11H3/q+1/t35-,36+,49+/m0/s1. The van der Waals surface area contributed by atoms with Crippen LogP contribution in [0.4, 0.5) is 5.69 Å². The fraction of sp³-hybridized carbons (Fsp3) is 0.535. The first kappa shape index (κ1) is 35.0. The second-order valence-corrected chi connectivity index (χ2v) is 23.0. The van der Waals surface area contributed by atoms with Crippen molar-refractivity contribution in [1.29, 1.82) is 0 Å². The molecule has 262 valence electrons. The normalized spacial score (nSPS) is 26.9. The summed E-state index contributed by atoms with van der Waals surface area (Å²) in [7, 11) is -5.45. The van der Waals surface area contributed by atoms with Crippen molar-refractivity contribution >= 4 is 26.8 Å². The summed E-state index contributed by atoms with van der Waals surface area (Å²) in [6.45, 7) is 28.4. The lowest BCUT2D eigenvalue weighted by molar-refractivity contribution is -0.535. The molecule has 1 spiro atoms. The SMILES string of the molecule is Cc1cc(C)c(C[Si@]2(c3ccccc3)O[P@]3(=[N+](C(C)C)CCN3C(C)C)C3=C([C@H]4CC[C@@H]3C4)N2c2c(C(C)C)cccc2C(C)C)c(C)c1. The zero-order chi connectivity index (χ0) is 35.0. The number of rotatable bonds is 8. The Labute approximate surface area is 299 Å². The fourth-order valence-corrected chi connectivity index (χ4v) is 21.9. The van der Waals surface area contributed by atoms with Crippen LogP contribution in [-0.4, -0.2) is 42.7 Å². The van der Waals surface area contributed by atoms with Gasteiger partial charge in [0.25, 0.3) is 0 Å². The molecule has 2 bridgehead atoms. The number of aryl methyl sites for hydroxylation is 3. The van der Waals surface area contributed by atoms with Gasteiger partial charge in [0.2, 0.25) is 0 Å². The van der Waals surface area contributed by atoms with E-state index in [4.69, 9.17) is 4.21 Å². The van der Waals surface area contributed by atoms with Crippen LogP contribution >= 0.6 is 7.43 Å². The van der Waals surface area contributed by atoms with Crippen LogP contribution in [0.1, 0.15) is 120 Å². The van der Waals surface area contributed by atoms with Gasteiger partial charge < -0.3 is 8.78 Å². The predicted octanol–water partition coefficient (Wildman–Crippen LogP) is 10.6. The van der Waals surface area contributed by atoms with Gasteiger partial charge in [-0.25, -0.2) is 9.00 Å². The first-order valence-electron chi connectivity index (χ1n) is 19.3. The Hall–Kier alpha value is -2.43. The summed E-state index contributed by atoms with van der Waals surface area (Å²) in [5.74, 6) is 1.99. The average Bonchev–Trinajstić information content (AvgIpc) is 3.77. The molecule has 2 aliphatic heterocycles. The zero-order valence-electron chi connectivity index (χ0n) is 32.2. The lowest BCUT2D eigenvalue weighted by Gasteiger charge is -2.54. The highest BCUT2D eigenvalue weighted by Gasteiger charge is 2.68. The minimum absolute atomic E-state index is 0.401. The minimum atomic E-state index is -3.10. The van der Waals surface area contributed by atoms with Crippen LogP contribution < -0.4 is 9.75 Å². The highest BCUT2D eigenvalue weighted by molar-refractivity contribution is 7.63. The zero-order valence-corrected chi connectivity index (χ0v) is 34.1. The molecule has 1 fully saturated rings. The van der Waals surface area contributed by atoms with Crippen LogP contribution in [0, 0.1) is 32.6 Å². The van der Waals surface area contributed by atoms with Gasteiger partial charge in [-0.15, -0.1) is 0 Å². The number of benzene rings is 3. The van der Waals surface area contributed by atoms with E-state index in [0.29, 0.717) is 35.8 Å². The van der Waals surface area contributed by atoms with Crippen LogP contribution in [0.25, 0.3) is 0 Å². The molecule has 4 nitrogen and oxygen atoms in total. The van der Waals surface area contributed by atoms with Gasteiger partial charge in [-0.1, -0.05) is 93.9 Å². The first-order valence-corrected chi connectivity index (χ1v) is 22.9. The van der Waals surface area contributed by atoms with Crippen LogP contribution in [0.2, 0.25) is 0 Å². The molecule has 4 aliphatic rings. The van der Waals surface area contributed by atoms with E-state index in [1.807, 2.05) is 0 Å². The van der Waals surface area contributed by atoms with E-state index in [1.54, 1.807) is 11.0 Å². The monoisotopic (exact) mass is 694 g/mol. The number of fused-ring (bicyclic) bond motifs is 5. The molecule has 4 atom stereocenters. The molecular weight excluding hydrogens is 634 g/mol. The number of anilines is 1. The van der Waals surface area contributed by atoms with Crippen LogP contribution in [-0.2, 0) is 10.3 Å². The van der Waals surface area contributed by atoms with Crippen molar-refractivity contribution in [2.24, 2.45) is 11.8 Å². The Morgan fingerprint density at radius 1 is 0.816 bits per heavy atom. The Balaban J connectivity index is 1.70. The van der Waals surface area contributed by atoms with Gasteiger partial charge in [0.1, 0.15) is 6.04 Å². The van der Waals surface area contributed by atoms with Gasteiger partial charge >= 0.3 is 15.9 Å². The van der Waals surface area contributed by atoms with Gasteiger partial charge in [-0.2, -0.15) is 0 Å². The topological polar surface area (TPSA) is 18.7 Å². The third-order valence-electron chi connectivity index (χ3n) is 12.2. The molecule has 0 saturated heterocycles. The summed E-state index contributed by atoms with van der Waals surface area (Å²) in [5, 5.41) is 3.13. The second-order valence-electron chi connectivity index (χ2n) is 16.8. The van der Waals surface area contributed by atoms with Gasteiger partial charge in [0.15, 0.2) is 6.54 Å². The molecule has 0 radical (unpaired) electrons. The molecule has 0 unspecified atom stereocenters. The molecule has 1 saturated carbocycles. The fourth-order valence-electron chi connectivity index (χ4n) is 10.1. The molecule has 7 rings (SSSR count). The van der Waals surface area contributed by atoms with E-state index < -0.39 is 15.9 Å². The molecule has 3 aromatic carbocycles. The van der Waals surface area contributed by atoms with Crippen LogP contribution in [0.5, 0.6) is 0 Å². The van der Waals surface area contributed by atoms with Crippen molar-refractivity contribution in [3.63, 3.8) is 0 Å². The summed E-state index contributed by atoms with van der Waals surface area (Å²) < 4.78 is 17.6. The molecule has 0 amide bonds. The quantitative estimate of drug-likeness (QED) is 0.173. The van der Waals surface area contributed by atoms with Crippen LogP contribution in [0.3, 0.4) is 0 Å². The molecular formula is C43H61N3OPSi+. The van der Waals surface area contributed by atoms with Crippen LogP contribution in [0.15, 0.2) is 71.7 Å². The third-order valence-corrected chi connectivity index (χ3v) is 21.6. The van der Waals surface area contributed by atoms with Crippen molar-refractivity contribution in [2.75, 3.05) is 17.7 Å². The molecule has 0 aromatic heterocycles. The Morgan fingerprint density at radius 2 is 1.43 bits per heavy atom. The molecule has 49 heavy (non-hydrogen) atoms. The lowest BCUT2D eigenvalue weighted by Crippen LogP contribution is -2.69. The first-order chi connectivity index (χ1) is 23.3. The highest BCUT2D eigenvalue weighted by Crippen LogP contribution is 2.76. The minimum Gasteiger partial charge on any atom is -0.344 e. The number of hydrogen-bond acceptors (Lipinski definition) is 3. The maximum absolute atomic E-state index is 8.77. The van der Waals surface area contributed by atoms with E-state index >= 15 is 0 Å². The summed E-state index contributed by atoms with van der Waals surface area (Å²) >= 11 is 0. The predicted molar refractivity (Wildman–Crippen MR) is 211 cm³/mol. The maximum atomic E-state index is 8.77. The molecule has 0 N–H and O–H groups in total. The van der Waals surface area contributed by atoms with Gasteiger partial charge in [-0.05, 0) is 124 Å². The van der Waals surface area contributed by atoms with E-state index in [2.05, 4.69) is 150 Å². The van der Waals surface area contributed by atoms with E-state index in [1.165, 1.54) is 63.5 Å². The van der Waals surface area contributed by atoms with Crippen molar-refractivity contribution in [2.45, 2.75) is 125 Å². The summed E-state index contributed by atoms with van der Waals surface area (Å²) in [5.41, 5.74) is 11.7. The molecule has 2 aliphatic carbocycles. The average molecular weight is 695 g/mol. The largest absolute Gasteiger partial charge is 0.353 e. The Morgan fingerprint density at radius 3 is 2.00 bits per heavy atom. The molecule has 3 aromatic rings. The molecule has 2 heterocycles. The third kappa shape index (κ3) is 5.40. The summed E-state index contributed by atoms with van der Waals surface area (Å²) in [4.78, 5) is 0. The highest BCUT2D eigenvalue weighted by atomic mass is 31.2.